The van der Waals surface area contributed by atoms with Gasteiger partial charge in [-0.15, -0.1) is 0 Å². The Morgan fingerprint density at radius 2 is 2.06 bits per heavy atom. The fourth-order valence-corrected chi connectivity index (χ4v) is 1.74. The highest BCUT2D eigenvalue weighted by Gasteiger charge is 2.17. The number of nitrogens with one attached hydrogen (secondary N) is 1. The van der Waals surface area contributed by atoms with Gasteiger partial charge in [0.1, 0.15) is 5.56 Å². The van der Waals surface area contributed by atoms with Crippen LogP contribution in [-0.2, 0) is 11.3 Å². The molecule has 0 radical (unpaired) electrons. The monoisotopic (exact) mass is 239 g/mol. The van der Waals surface area contributed by atoms with Gasteiger partial charge in [0.25, 0.3) is 0 Å². The van der Waals surface area contributed by atoms with Crippen LogP contribution in [0.1, 0.15) is 34.6 Å². The van der Waals surface area contributed by atoms with Crippen LogP contribution < -0.4 is 5.32 Å². The first kappa shape index (κ1) is 13.2. The number of nitrogens with zero attached hydrogens (tertiary/aromatic N) is 2. The van der Waals surface area contributed by atoms with Gasteiger partial charge in [-0.1, -0.05) is 0 Å². The Hall–Kier alpha value is -1.85. The van der Waals surface area contributed by atoms with Gasteiger partial charge in [-0.25, -0.2) is 4.79 Å². The molecule has 94 valence electrons. The Morgan fingerprint density at radius 1 is 1.41 bits per heavy atom. The van der Waals surface area contributed by atoms with Crippen LogP contribution in [0.5, 0.6) is 0 Å². The van der Waals surface area contributed by atoms with E-state index < -0.39 is 5.97 Å². The van der Waals surface area contributed by atoms with E-state index in [4.69, 9.17) is 5.11 Å². The Labute approximate surface area is 99.6 Å². The van der Waals surface area contributed by atoms with Crippen molar-refractivity contribution in [1.29, 1.82) is 0 Å². The predicted molar refractivity (Wildman–Crippen MR) is 62.0 cm³/mol. The first-order valence-electron chi connectivity index (χ1n) is 5.45. The zero-order valence-electron chi connectivity index (χ0n) is 10.3. The maximum atomic E-state index is 11.0. The van der Waals surface area contributed by atoms with Gasteiger partial charge in [-0.3, -0.25) is 9.48 Å². The lowest BCUT2D eigenvalue weighted by molar-refractivity contribution is -0.120. The highest BCUT2D eigenvalue weighted by atomic mass is 16.4. The average Bonchev–Trinajstić information content (AvgIpc) is 2.53. The summed E-state index contributed by atoms with van der Waals surface area (Å²) in [6.45, 7) is 3.95. The van der Waals surface area contributed by atoms with E-state index in [1.165, 1.54) is 0 Å². The molecule has 0 saturated heterocycles. The van der Waals surface area contributed by atoms with E-state index in [0.717, 1.165) is 0 Å². The minimum Gasteiger partial charge on any atom is -0.478 e. The van der Waals surface area contributed by atoms with E-state index in [9.17, 15) is 9.59 Å². The molecule has 0 aliphatic rings. The van der Waals surface area contributed by atoms with Crippen LogP contribution in [0, 0.1) is 13.8 Å². The lowest BCUT2D eigenvalue weighted by Gasteiger charge is -2.04. The van der Waals surface area contributed by atoms with Crippen molar-refractivity contribution in [2.24, 2.45) is 0 Å². The predicted octanol–water partition coefficient (Wildman–Crippen LogP) is 0.724. The molecule has 6 nitrogen and oxygen atoms in total. The third-order valence-electron chi connectivity index (χ3n) is 2.65. The van der Waals surface area contributed by atoms with Crippen molar-refractivity contribution in [3.63, 3.8) is 0 Å². The molecule has 0 unspecified atom stereocenters. The summed E-state index contributed by atoms with van der Waals surface area (Å²) in [5.41, 5.74) is 1.40. The number of carboxylic acid groups (broad SMARTS) is 1. The molecule has 1 aromatic rings. The summed E-state index contributed by atoms with van der Waals surface area (Å²) in [5.74, 6) is -0.984. The van der Waals surface area contributed by atoms with Crippen LogP contribution in [0.3, 0.4) is 0 Å². The van der Waals surface area contributed by atoms with Crippen LogP contribution in [-0.4, -0.2) is 33.8 Å². The van der Waals surface area contributed by atoms with Crippen molar-refractivity contribution in [3.05, 3.63) is 17.0 Å². The molecule has 6 heteroatoms. The van der Waals surface area contributed by atoms with Crippen molar-refractivity contribution in [3.8, 4) is 0 Å². The van der Waals surface area contributed by atoms with Crippen LogP contribution in [0.2, 0.25) is 0 Å². The average molecular weight is 239 g/mol. The Kier molecular flexibility index (Phi) is 4.25. The molecule has 1 amide bonds. The Balaban J connectivity index is 2.70. The maximum Gasteiger partial charge on any atom is 0.339 e. The van der Waals surface area contributed by atoms with Gasteiger partial charge in [0.2, 0.25) is 5.91 Å². The third-order valence-corrected chi connectivity index (χ3v) is 2.65. The van der Waals surface area contributed by atoms with Crippen LogP contribution in [0.15, 0.2) is 0 Å². The number of aromatic nitrogens is 2. The topological polar surface area (TPSA) is 84.2 Å². The van der Waals surface area contributed by atoms with Crippen molar-refractivity contribution in [1.82, 2.24) is 15.1 Å². The van der Waals surface area contributed by atoms with Crippen LogP contribution in [0.4, 0.5) is 0 Å². The summed E-state index contributed by atoms with van der Waals surface area (Å²) in [5, 5.41) is 15.7. The SMILES string of the molecule is CNC(=O)CCCn1nc(C)c(C(=O)O)c1C. The number of amides is 1. The molecule has 1 rings (SSSR count). The quantitative estimate of drug-likeness (QED) is 0.793. The van der Waals surface area contributed by atoms with Gasteiger partial charge >= 0.3 is 5.97 Å². The first-order valence-corrected chi connectivity index (χ1v) is 5.45. The molecular formula is C11H17N3O3. The summed E-state index contributed by atoms with van der Waals surface area (Å²) < 4.78 is 1.64. The molecule has 1 aromatic heterocycles. The second-order valence-corrected chi connectivity index (χ2v) is 3.85. The van der Waals surface area contributed by atoms with E-state index in [0.29, 0.717) is 30.8 Å². The van der Waals surface area contributed by atoms with Crippen molar-refractivity contribution < 1.29 is 14.7 Å². The van der Waals surface area contributed by atoms with Crippen molar-refractivity contribution >= 4 is 11.9 Å². The smallest absolute Gasteiger partial charge is 0.339 e. The molecule has 0 atom stereocenters. The molecule has 0 bridgehead atoms. The zero-order chi connectivity index (χ0) is 13.0. The number of rotatable bonds is 5. The standard InChI is InChI=1S/C11H17N3O3/c1-7-10(11(16)17)8(2)14(13-7)6-4-5-9(15)12-3/h4-6H2,1-3H3,(H,12,15)(H,16,17). The second-order valence-electron chi connectivity index (χ2n) is 3.85. The summed E-state index contributed by atoms with van der Waals surface area (Å²) >= 11 is 0. The number of hydrogen-bond donors (Lipinski definition) is 2. The molecule has 0 saturated carbocycles. The van der Waals surface area contributed by atoms with Gasteiger partial charge in [0, 0.05) is 20.0 Å². The summed E-state index contributed by atoms with van der Waals surface area (Å²) in [4.78, 5) is 22.0. The molecule has 17 heavy (non-hydrogen) atoms. The van der Waals surface area contributed by atoms with E-state index in [1.807, 2.05) is 0 Å². The number of carbonyl (C=O) groups excluding carboxylic acids is 1. The maximum absolute atomic E-state index is 11.0. The molecular weight excluding hydrogens is 222 g/mol. The highest BCUT2D eigenvalue weighted by Crippen LogP contribution is 2.13. The third kappa shape index (κ3) is 3.05. The fraction of sp³-hybridized carbons (Fsp3) is 0.545. The molecule has 1 heterocycles. The van der Waals surface area contributed by atoms with E-state index in [1.54, 1.807) is 25.6 Å². The number of carbonyl (C=O) groups is 2. The highest BCUT2D eigenvalue weighted by molar-refractivity contribution is 5.90. The van der Waals surface area contributed by atoms with Crippen LogP contribution in [0.25, 0.3) is 0 Å². The van der Waals surface area contributed by atoms with Gasteiger partial charge in [0.05, 0.1) is 11.4 Å². The molecule has 2 N–H and O–H groups in total. The molecule has 0 aliphatic carbocycles. The summed E-state index contributed by atoms with van der Waals surface area (Å²) in [7, 11) is 1.59. The van der Waals surface area contributed by atoms with Crippen LogP contribution >= 0.6 is 0 Å². The van der Waals surface area contributed by atoms with Gasteiger partial charge in [-0.2, -0.15) is 5.10 Å². The zero-order valence-corrected chi connectivity index (χ0v) is 10.3. The molecule has 0 aromatic carbocycles. The lowest BCUT2D eigenvalue weighted by Crippen LogP contribution is -2.18. The lowest BCUT2D eigenvalue weighted by atomic mass is 10.2. The molecule has 0 spiro atoms. The molecule has 0 aliphatic heterocycles. The van der Waals surface area contributed by atoms with Crippen molar-refractivity contribution in [2.75, 3.05) is 7.05 Å². The largest absolute Gasteiger partial charge is 0.478 e. The number of hydrogen-bond acceptors (Lipinski definition) is 3. The van der Waals surface area contributed by atoms with Gasteiger partial charge in [0.15, 0.2) is 0 Å². The second kappa shape index (κ2) is 5.47. The minimum absolute atomic E-state index is 0.0232. The Bertz CT molecular complexity index is 437. The fourth-order valence-electron chi connectivity index (χ4n) is 1.74. The summed E-state index contributed by atoms with van der Waals surface area (Å²) in [6.07, 6.45) is 1.05. The van der Waals surface area contributed by atoms with E-state index in [-0.39, 0.29) is 11.5 Å². The minimum atomic E-state index is -0.961. The first-order chi connectivity index (χ1) is 7.97. The van der Waals surface area contributed by atoms with E-state index in [2.05, 4.69) is 10.4 Å². The number of aryl methyl sites for hydroxylation is 2. The van der Waals surface area contributed by atoms with E-state index >= 15 is 0 Å². The normalized spacial score (nSPS) is 10.3. The van der Waals surface area contributed by atoms with Gasteiger partial charge < -0.3 is 10.4 Å². The Morgan fingerprint density at radius 3 is 2.53 bits per heavy atom. The summed E-state index contributed by atoms with van der Waals surface area (Å²) in [6, 6.07) is 0. The van der Waals surface area contributed by atoms with Crippen molar-refractivity contribution in [2.45, 2.75) is 33.2 Å². The van der Waals surface area contributed by atoms with Gasteiger partial charge in [-0.05, 0) is 20.3 Å². The molecule has 0 fully saturated rings. The number of carboxylic acids is 1. The number of aromatic carboxylic acids is 1.